The number of pyridine rings is 2. The van der Waals surface area contributed by atoms with Crippen molar-refractivity contribution >= 4 is 43.7 Å². The Morgan fingerprint density at radius 2 is 1.50 bits per heavy atom. The largest absolute Gasteiger partial charge is 0.437 e. The molecule has 3 heterocycles. The third-order valence-corrected chi connectivity index (χ3v) is 6.28. The molecular formula is C31H20N2O. The van der Waals surface area contributed by atoms with Crippen LogP contribution in [0.15, 0.2) is 114 Å². The molecule has 3 nitrogen and oxygen atoms in total. The molecule has 3 aromatic heterocycles. The average Bonchev–Trinajstić information content (AvgIpc) is 3.30. The lowest BCUT2D eigenvalue weighted by Crippen LogP contribution is -1.91. The van der Waals surface area contributed by atoms with Crippen LogP contribution in [0.4, 0.5) is 0 Å². The van der Waals surface area contributed by atoms with Crippen LogP contribution in [0, 0.1) is 0 Å². The normalized spacial score (nSPS) is 12.9. The van der Waals surface area contributed by atoms with E-state index in [1.807, 2.05) is 54.6 Å². The molecule has 0 saturated carbocycles. The Morgan fingerprint density at radius 1 is 0.676 bits per heavy atom. The van der Waals surface area contributed by atoms with Crippen LogP contribution >= 0.6 is 0 Å². The van der Waals surface area contributed by atoms with E-state index in [9.17, 15) is 0 Å². The predicted molar refractivity (Wildman–Crippen MR) is 139 cm³/mol. The summed E-state index contributed by atoms with van der Waals surface area (Å²) in [5, 5.41) is 5.21. The van der Waals surface area contributed by atoms with E-state index in [1.165, 1.54) is 0 Å². The first-order valence-electron chi connectivity index (χ1n) is 12.3. The minimum atomic E-state index is -1.65. The number of hydrogen-bond donors (Lipinski definition) is 0. The Balaban J connectivity index is 1.43. The van der Waals surface area contributed by atoms with Gasteiger partial charge in [-0.25, -0.2) is 4.98 Å². The second-order valence-corrected chi connectivity index (χ2v) is 8.40. The molecular weight excluding hydrogens is 416 g/mol. The lowest BCUT2D eigenvalue weighted by molar-refractivity contribution is 0.657. The Kier molecular flexibility index (Phi) is 3.77. The maximum Gasteiger partial charge on any atom is 0.227 e. The van der Waals surface area contributed by atoms with Crippen LogP contribution in [-0.2, 0) is 6.37 Å². The third kappa shape index (κ3) is 3.06. The summed E-state index contributed by atoms with van der Waals surface area (Å²) in [6.45, 7) is 0. The Hall–Kier alpha value is -4.50. The summed E-state index contributed by atoms with van der Waals surface area (Å²) in [6.07, 6.45) is 0.00661. The van der Waals surface area contributed by atoms with Crippen molar-refractivity contribution in [1.29, 1.82) is 0 Å². The third-order valence-electron chi connectivity index (χ3n) is 6.28. The minimum absolute atomic E-state index is 0.544. The molecule has 0 spiro atoms. The zero-order chi connectivity index (χ0) is 24.3. The van der Waals surface area contributed by atoms with Crippen LogP contribution in [0.25, 0.3) is 55.0 Å². The zero-order valence-electron chi connectivity index (χ0n) is 20.2. The summed E-state index contributed by atoms with van der Waals surface area (Å²) < 4.78 is 23.9. The van der Waals surface area contributed by atoms with Gasteiger partial charge in [-0.05, 0) is 47.2 Å². The summed E-state index contributed by atoms with van der Waals surface area (Å²) in [7, 11) is 0. The SMILES string of the molecule is [2H]C([2H])(c1ccccc1)c1ccnc(-c2cccc3c2oc2nc4c(ccc5ccccc54)cc23)c1. The number of fused-ring (bicyclic) bond motifs is 6. The van der Waals surface area contributed by atoms with Gasteiger partial charge in [0.15, 0.2) is 0 Å². The van der Waals surface area contributed by atoms with E-state index >= 15 is 0 Å². The molecule has 0 aliphatic heterocycles. The Bertz CT molecular complexity index is 1930. The number of hydrogen-bond acceptors (Lipinski definition) is 3. The number of para-hydroxylation sites is 1. The first-order chi connectivity index (χ1) is 17.6. The number of rotatable bonds is 3. The van der Waals surface area contributed by atoms with Crippen molar-refractivity contribution < 1.29 is 7.16 Å². The summed E-state index contributed by atoms with van der Waals surface area (Å²) in [4.78, 5) is 9.51. The summed E-state index contributed by atoms with van der Waals surface area (Å²) in [5.41, 5.74) is 4.81. The molecule has 4 aromatic carbocycles. The second kappa shape index (κ2) is 7.53. The van der Waals surface area contributed by atoms with Gasteiger partial charge < -0.3 is 4.42 Å². The molecule has 7 rings (SSSR count). The molecule has 0 amide bonds. The van der Waals surface area contributed by atoms with Crippen molar-refractivity contribution in [3.05, 3.63) is 120 Å². The lowest BCUT2D eigenvalue weighted by Gasteiger charge is -2.06. The van der Waals surface area contributed by atoms with Crippen molar-refractivity contribution in [2.24, 2.45) is 0 Å². The van der Waals surface area contributed by atoms with Gasteiger partial charge in [0.25, 0.3) is 0 Å². The Labute approximate surface area is 199 Å². The topological polar surface area (TPSA) is 38.9 Å². The van der Waals surface area contributed by atoms with Crippen molar-refractivity contribution in [2.45, 2.75) is 6.37 Å². The molecule has 34 heavy (non-hydrogen) atoms. The maximum atomic E-state index is 8.77. The second-order valence-electron chi connectivity index (χ2n) is 8.40. The van der Waals surface area contributed by atoms with Gasteiger partial charge >= 0.3 is 0 Å². The van der Waals surface area contributed by atoms with Crippen LogP contribution < -0.4 is 0 Å². The highest BCUT2D eigenvalue weighted by atomic mass is 16.3. The van der Waals surface area contributed by atoms with Crippen LogP contribution in [0.3, 0.4) is 0 Å². The van der Waals surface area contributed by atoms with Gasteiger partial charge in [-0.2, -0.15) is 0 Å². The van der Waals surface area contributed by atoms with Gasteiger partial charge in [0.2, 0.25) is 5.71 Å². The van der Waals surface area contributed by atoms with Crippen molar-refractivity contribution in [2.75, 3.05) is 0 Å². The predicted octanol–water partition coefficient (Wildman–Crippen LogP) is 7.94. The van der Waals surface area contributed by atoms with Gasteiger partial charge in [-0.15, -0.1) is 0 Å². The molecule has 0 atom stereocenters. The minimum Gasteiger partial charge on any atom is -0.437 e. The van der Waals surface area contributed by atoms with E-state index in [4.69, 9.17) is 12.1 Å². The lowest BCUT2D eigenvalue weighted by atomic mass is 10.0. The van der Waals surface area contributed by atoms with Gasteiger partial charge in [0.1, 0.15) is 5.58 Å². The molecule has 0 fully saturated rings. The van der Waals surface area contributed by atoms with Crippen molar-refractivity contribution in [3.8, 4) is 11.3 Å². The smallest absolute Gasteiger partial charge is 0.227 e. The first-order valence-corrected chi connectivity index (χ1v) is 11.3. The highest BCUT2D eigenvalue weighted by Gasteiger charge is 2.15. The standard InChI is InChI=1S/C31H20N2O/c1-2-7-20(8-3-1)17-21-15-16-32-28(18-21)26-12-6-11-25-27-19-23-14-13-22-9-4-5-10-24(22)29(23)33-31(27)34-30(25)26/h1-16,18-19H,17H2/i17D2. The number of aromatic nitrogens is 2. The molecule has 0 aliphatic rings. The highest BCUT2D eigenvalue weighted by molar-refractivity contribution is 6.14. The van der Waals surface area contributed by atoms with Crippen molar-refractivity contribution in [3.63, 3.8) is 0 Å². The monoisotopic (exact) mass is 438 g/mol. The van der Waals surface area contributed by atoms with E-state index in [2.05, 4.69) is 35.3 Å². The summed E-state index contributed by atoms with van der Waals surface area (Å²) >= 11 is 0. The van der Waals surface area contributed by atoms with E-state index < -0.39 is 6.37 Å². The van der Waals surface area contributed by atoms with E-state index in [0.717, 1.165) is 38.0 Å². The average molecular weight is 439 g/mol. The van der Waals surface area contributed by atoms with Gasteiger partial charge in [-0.3, -0.25) is 4.98 Å². The molecule has 0 N–H and O–H groups in total. The van der Waals surface area contributed by atoms with Crippen LogP contribution in [0.5, 0.6) is 0 Å². The summed E-state index contributed by atoms with van der Waals surface area (Å²) in [5.74, 6) is 0. The van der Waals surface area contributed by atoms with Crippen molar-refractivity contribution in [1.82, 2.24) is 9.97 Å². The highest BCUT2D eigenvalue weighted by Crippen LogP contribution is 2.37. The number of furan rings is 1. The van der Waals surface area contributed by atoms with E-state index in [0.29, 0.717) is 28.1 Å². The van der Waals surface area contributed by atoms with E-state index in [-0.39, 0.29) is 0 Å². The molecule has 160 valence electrons. The molecule has 0 aliphatic carbocycles. The zero-order valence-corrected chi connectivity index (χ0v) is 18.2. The number of benzene rings is 4. The van der Waals surface area contributed by atoms with Gasteiger partial charge in [0.05, 0.1) is 11.2 Å². The Morgan fingerprint density at radius 3 is 2.44 bits per heavy atom. The number of nitrogens with zero attached hydrogens (tertiary/aromatic N) is 2. The molecule has 0 saturated heterocycles. The molecule has 0 radical (unpaired) electrons. The maximum absolute atomic E-state index is 8.77. The fourth-order valence-corrected chi connectivity index (χ4v) is 4.66. The van der Waals surface area contributed by atoms with Crippen LogP contribution in [0.2, 0.25) is 0 Å². The molecule has 0 unspecified atom stereocenters. The quantitative estimate of drug-likeness (QED) is 0.263. The fourth-order valence-electron chi connectivity index (χ4n) is 4.66. The molecule has 3 heteroatoms. The summed E-state index contributed by atoms with van der Waals surface area (Å²) in [6, 6.07) is 33.3. The first kappa shape index (κ1) is 17.0. The van der Waals surface area contributed by atoms with Gasteiger partial charge in [0, 0.05) is 36.0 Å². The van der Waals surface area contributed by atoms with Crippen LogP contribution in [0.1, 0.15) is 13.9 Å². The molecule has 7 aromatic rings. The molecule has 0 bridgehead atoms. The van der Waals surface area contributed by atoms with Crippen LogP contribution in [-0.4, -0.2) is 9.97 Å². The van der Waals surface area contributed by atoms with E-state index in [1.54, 1.807) is 24.4 Å². The fraction of sp³-hybridized carbons (Fsp3) is 0.0323. The van der Waals surface area contributed by atoms with Gasteiger partial charge in [-0.1, -0.05) is 78.9 Å².